The molecule has 1 aromatic heterocycles. The molecule has 0 atom stereocenters. The van der Waals surface area contributed by atoms with E-state index in [9.17, 15) is 0 Å². The van der Waals surface area contributed by atoms with Gasteiger partial charge >= 0.3 is 0 Å². The molecular weight excluding hydrogens is 210 g/mol. The molecule has 0 radical (unpaired) electrons. The van der Waals surface area contributed by atoms with Gasteiger partial charge in [-0.3, -0.25) is 0 Å². The van der Waals surface area contributed by atoms with Crippen LogP contribution in [0.15, 0.2) is 29.8 Å². The zero-order valence-electron chi connectivity index (χ0n) is 10.7. The second-order valence-electron chi connectivity index (χ2n) is 4.53. The van der Waals surface area contributed by atoms with Crippen molar-refractivity contribution in [1.82, 2.24) is 10.3 Å². The topological polar surface area (TPSA) is 28.2 Å². The number of aromatic nitrogens is 1. The summed E-state index contributed by atoms with van der Waals surface area (Å²) < 4.78 is 0. The van der Waals surface area contributed by atoms with Gasteiger partial charge in [-0.1, -0.05) is 24.6 Å². The van der Waals surface area contributed by atoms with Crippen molar-refractivity contribution in [2.45, 2.75) is 26.8 Å². The Morgan fingerprint density at radius 3 is 3.06 bits per heavy atom. The van der Waals surface area contributed by atoms with Crippen LogP contribution in [0.4, 0.5) is 5.82 Å². The zero-order valence-corrected chi connectivity index (χ0v) is 10.7. The third-order valence-electron chi connectivity index (χ3n) is 3.00. The normalized spacial score (nSPS) is 15.9. The lowest BCUT2D eigenvalue weighted by Gasteiger charge is -2.27. The molecule has 0 spiro atoms. The number of nitrogens with zero attached hydrogens (tertiary/aromatic N) is 2. The van der Waals surface area contributed by atoms with E-state index in [4.69, 9.17) is 4.98 Å². The van der Waals surface area contributed by atoms with Gasteiger partial charge in [0, 0.05) is 19.6 Å². The third kappa shape index (κ3) is 3.30. The Balaban J connectivity index is 2.07. The Kier molecular flexibility index (Phi) is 4.15. The fraction of sp³-hybridized carbons (Fsp3) is 0.500. The first-order chi connectivity index (χ1) is 8.29. The smallest absolute Gasteiger partial charge is 0.129 e. The van der Waals surface area contributed by atoms with Crippen LogP contribution in [-0.4, -0.2) is 24.6 Å². The molecule has 2 heterocycles. The first kappa shape index (κ1) is 12.1. The molecule has 0 aliphatic carbocycles. The molecule has 3 nitrogen and oxygen atoms in total. The van der Waals surface area contributed by atoms with Crippen molar-refractivity contribution in [3.05, 3.63) is 35.5 Å². The number of nitrogens with one attached hydrogen (secondary N) is 1. The van der Waals surface area contributed by atoms with Crippen molar-refractivity contribution in [2.24, 2.45) is 0 Å². The maximum atomic E-state index is 4.70. The predicted octanol–water partition coefficient (Wildman–Crippen LogP) is 2.35. The summed E-state index contributed by atoms with van der Waals surface area (Å²) in [6, 6.07) is 6.29. The van der Waals surface area contributed by atoms with Crippen molar-refractivity contribution >= 4 is 5.82 Å². The summed E-state index contributed by atoms with van der Waals surface area (Å²) in [6.45, 7) is 8.23. The van der Waals surface area contributed by atoms with E-state index in [1.165, 1.54) is 5.57 Å². The molecule has 0 fully saturated rings. The summed E-state index contributed by atoms with van der Waals surface area (Å²) in [5.41, 5.74) is 2.56. The van der Waals surface area contributed by atoms with E-state index in [1.54, 1.807) is 0 Å². The molecule has 0 saturated heterocycles. The van der Waals surface area contributed by atoms with Gasteiger partial charge in [0.05, 0.1) is 5.69 Å². The highest BCUT2D eigenvalue weighted by Crippen LogP contribution is 2.17. The highest BCUT2D eigenvalue weighted by atomic mass is 15.2. The molecule has 0 saturated carbocycles. The van der Waals surface area contributed by atoms with Crippen LogP contribution >= 0.6 is 0 Å². The van der Waals surface area contributed by atoms with Crippen LogP contribution in [0, 0.1) is 0 Å². The lowest BCUT2D eigenvalue weighted by Crippen LogP contribution is -2.30. The van der Waals surface area contributed by atoms with E-state index < -0.39 is 0 Å². The molecule has 0 aromatic carbocycles. The zero-order chi connectivity index (χ0) is 12.1. The quantitative estimate of drug-likeness (QED) is 0.806. The first-order valence-electron chi connectivity index (χ1n) is 6.37. The molecule has 17 heavy (non-hydrogen) atoms. The largest absolute Gasteiger partial charge is 0.352 e. The van der Waals surface area contributed by atoms with Gasteiger partial charge in [-0.2, -0.15) is 0 Å². The van der Waals surface area contributed by atoms with E-state index in [0.717, 1.165) is 44.1 Å². The summed E-state index contributed by atoms with van der Waals surface area (Å²) in [4.78, 5) is 7.06. The maximum absolute atomic E-state index is 4.70. The highest BCUT2D eigenvalue weighted by molar-refractivity contribution is 5.42. The van der Waals surface area contributed by atoms with Crippen molar-refractivity contribution in [2.75, 3.05) is 24.5 Å². The molecule has 92 valence electrons. The fourth-order valence-corrected chi connectivity index (χ4v) is 2.10. The minimum Gasteiger partial charge on any atom is -0.352 e. The average molecular weight is 231 g/mol. The van der Waals surface area contributed by atoms with Gasteiger partial charge in [0.25, 0.3) is 0 Å². The minimum absolute atomic E-state index is 0.854. The molecule has 1 aromatic rings. The molecule has 0 bridgehead atoms. The van der Waals surface area contributed by atoms with Gasteiger partial charge in [-0.25, -0.2) is 4.98 Å². The number of pyridine rings is 1. The first-order valence-corrected chi connectivity index (χ1v) is 6.37. The van der Waals surface area contributed by atoms with E-state index in [-0.39, 0.29) is 0 Å². The average Bonchev–Trinajstić information content (AvgIpc) is 2.37. The summed E-state index contributed by atoms with van der Waals surface area (Å²) in [7, 11) is 0. The fourth-order valence-electron chi connectivity index (χ4n) is 2.10. The summed E-state index contributed by atoms with van der Waals surface area (Å²) >= 11 is 0. The van der Waals surface area contributed by atoms with E-state index in [2.05, 4.69) is 48.3 Å². The lowest BCUT2D eigenvalue weighted by molar-refractivity contribution is 0.704. The third-order valence-corrected chi connectivity index (χ3v) is 3.00. The molecule has 3 heteroatoms. The summed E-state index contributed by atoms with van der Waals surface area (Å²) in [5, 5.41) is 3.31. The Morgan fingerprint density at radius 1 is 1.41 bits per heavy atom. The van der Waals surface area contributed by atoms with Crippen molar-refractivity contribution < 1.29 is 0 Å². The molecule has 0 amide bonds. The van der Waals surface area contributed by atoms with Crippen LogP contribution in [0.1, 0.15) is 26.0 Å². The van der Waals surface area contributed by atoms with Crippen LogP contribution in [0.5, 0.6) is 0 Å². The van der Waals surface area contributed by atoms with Crippen LogP contribution in [-0.2, 0) is 6.54 Å². The molecule has 2 rings (SSSR count). The molecule has 1 aliphatic heterocycles. The second kappa shape index (κ2) is 5.82. The van der Waals surface area contributed by atoms with E-state index in [0.29, 0.717) is 0 Å². The Morgan fingerprint density at radius 2 is 2.29 bits per heavy atom. The van der Waals surface area contributed by atoms with Gasteiger partial charge in [0.2, 0.25) is 0 Å². The Bertz CT molecular complexity index is 398. The Hall–Kier alpha value is -1.35. The van der Waals surface area contributed by atoms with Gasteiger partial charge < -0.3 is 10.2 Å². The maximum Gasteiger partial charge on any atom is 0.129 e. The number of rotatable bonds is 4. The SMILES string of the molecule is CCNCc1cccc(N2CCC=C(C)C2)n1. The number of hydrogen-bond donors (Lipinski definition) is 1. The van der Waals surface area contributed by atoms with Gasteiger partial charge in [0.15, 0.2) is 0 Å². The van der Waals surface area contributed by atoms with Gasteiger partial charge in [-0.15, -0.1) is 0 Å². The van der Waals surface area contributed by atoms with Crippen molar-refractivity contribution in [3.8, 4) is 0 Å². The standard InChI is InChI=1S/C14H21N3/c1-3-15-10-13-7-4-8-14(16-13)17-9-5-6-12(2)11-17/h4,6-8,15H,3,5,9-11H2,1-2H3. The highest BCUT2D eigenvalue weighted by Gasteiger charge is 2.11. The molecule has 0 unspecified atom stereocenters. The lowest BCUT2D eigenvalue weighted by atomic mass is 10.1. The predicted molar refractivity (Wildman–Crippen MR) is 72.2 cm³/mol. The van der Waals surface area contributed by atoms with Crippen LogP contribution in [0.3, 0.4) is 0 Å². The van der Waals surface area contributed by atoms with Crippen molar-refractivity contribution in [1.29, 1.82) is 0 Å². The number of anilines is 1. The summed E-state index contributed by atoms with van der Waals surface area (Å²) in [5.74, 6) is 1.10. The monoisotopic (exact) mass is 231 g/mol. The van der Waals surface area contributed by atoms with Crippen LogP contribution in [0.25, 0.3) is 0 Å². The van der Waals surface area contributed by atoms with E-state index in [1.807, 2.05) is 0 Å². The minimum atomic E-state index is 0.854. The van der Waals surface area contributed by atoms with Gasteiger partial charge in [0.1, 0.15) is 5.82 Å². The molecule has 1 N–H and O–H groups in total. The van der Waals surface area contributed by atoms with E-state index >= 15 is 0 Å². The Labute approximate surface area is 104 Å². The van der Waals surface area contributed by atoms with Crippen molar-refractivity contribution in [3.63, 3.8) is 0 Å². The van der Waals surface area contributed by atoms with Crippen LogP contribution in [0.2, 0.25) is 0 Å². The van der Waals surface area contributed by atoms with Gasteiger partial charge in [-0.05, 0) is 32.0 Å². The second-order valence-corrected chi connectivity index (χ2v) is 4.53. The molecule has 1 aliphatic rings. The summed E-state index contributed by atoms with van der Waals surface area (Å²) in [6.07, 6.45) is 3.45. The molecular formula is C14H21N3. The number of hydrogen-bond acceptors (Lipinski definition) is 3. The van der Waals surface area contributed by atoms with Crippen LogP contribution < -0.4 is 10.2 Å².